The zero-order chi connectivity index (χ0) is 14.8. The van der Waals surface area contributed by atoms with Gasteiger partial charge in [-0.1, -0.05) is 24.3 Å². The smallest absolute Gasteiger partial charge is 0.0400 e. The molecule has 0 saturated heterocycles. The molecule has 0 aliphatic heterocycles. The molecule has 1 fully saturated rings. The molecule has 2 nitrogen and oxygen atoms in total. The summed E-state index contributed by atoms with van der Waals surface area (Å²) in [5, 5.41) is 3.54. The fourth-order valence-corrected chi connectivity index (χ4v) is 2.65. The molecule has 0 amide bonds. The van der Waals surface area contributed by atoms with E-state index in [0.29, 0.717) is 0 Å². The summed E-state index contributed by atoms with van der Waals surface area (Å²) >= 11 is 0. The van der Waals surface area contributed by atoms with Crippen LogP contribution in [0, 0.1) is 6.92 Å². The molecule has 1 aliphatic carbocycles. The minimum atomic E-state index is 0.841. The second-order valence-corrected chi connectivity index (χ2v) is 6.26. The average molecular weight is 280 g/mol. The normalized spacial score (nSPS) is 14.0. The van der Waals surface area contributed by atoms with Gasteiger partial charge in [0.15, 0.2) is 0 Å². The molecule has 2 aromatic rings. The fourth-order valence-electron chi connectivity index (χ4n) is 2.65. The van der Waals surface area contributed by atoms with E-state index in [2.05, 4.69) is 73.7 Å². The van der Waals surface area contributed by atoms with Crippen LogP contribution in [0.3, 0.4) is 0 Å². The van der Waals surface area contributed by atoms with Crippen LogP contribution in [0.2, 0.25) is 0 Å². The Hall–Kier alpha value is -1.96. The zero-order valence-electron chi connectivity index (χ0n) is 13.2. The Morgan fingerprint density at radius 2 is 1.76 bits per heavy atom. The van der Waals surface area contributed by atoms with Crippen LogP contribution in [0.4, 0.5) is 11.4 Å². The summed E-state index contributed by atoms with van der Waals surface area (Å²) in [6.07, 6.45) is 2.74. The van der Waals surface area contributed by atoms with E-state index in [0.717, 1.165) is 12.5 Å². The van der Waals surface area contributed by atoms with Crippen molar-refractivity contribution in [2.45, 2.75) is 32.2 Å². The van der Waals surface area contributed by atoms with Crippen molar-refractivity contribution in [1.29, 1.82) is 0 Å². The van der Waals surface area contributed by atoms with Gasteiger partial charge in [0.25, 0.3) is 0 Å². The number of aryl methyl sites for hydroxylation is 1. The molecule has 3 rings (SSSR count). The van der Waals surface area contributed by atoms with E-state index in [1.54, 1.807) is 0 Å². The number of hydrogen-bond acceptors (Lipinski definition) is 2. The van der Waals surface area contributed by atoms with Crippen LogP contribution in [-0.2, 0) is 6.54 Å². The van der Waals surface area contributed by atoms with Gasteiger partial charge in [0.05, 0.1) is 0 Å². The lowest BCUT2D eigenvalue weighted by Crippen LogP contribution is -2.09. The summed E-state index contributed by atoms with van der Waals surface area (Å²) < 4.78 is 0. The molecule has 1 N–H and O–H groups in total. The zero-order valence-corrected chi connectivity index (χ0v) is 13.2. The Balaban J connectivity index is 1.64. The predicted octanol–water partition coefficient (Wildman–Crippen LogP) is 4.55. The van der Waals surface area contributed by atoms with Gasteiger partial charge in [-0.2, -0.15) is 0 Å². The second kappa shape index (κ2) is 5.80. The Morgan fingerprint density at radius 1 is 1.05 bits per heavy atom. The number of hydrogen-bond donors (Lipinski definition) is 1. The van der Waals surface area contributed by atoms with Gasteiger partial charge in [-0.25, -0.2) is 0 Å². The lowest BCUT2D eigenvalue weighted by atomic mass is 10.1. The molecule has 0 unspecified atom stereocenters. The Bertz CT molecular complexity index is 610. The molecule has 1 saturated carbocycles. The summed E-state index contributed by atoms with van der Waals surface area (Å²) in [5.41, 5.74) is 6.59. The minimum absolute atomic E-state index is 0.841. The summed E-state index contributed by atoms with van der Waals surface area (Å²) in [7, 11) is 4.15. The van der Waals surface area contributed by atoms with Crippen molar-refractivity contribution in [3.05, 3.63) is 59.2 Å². The first kappa shape index (κ1) is 14.0. The van der Waals surface area contributed by atoms with Gasteiger partial charge >= 0.3 is 0 Å². The molecule has 0 spiro atoms. The number of rotatable bonds is 5. The number of benzene rings is 2. The molecule has 2 aromatic carbocycles. The lowest BCUT2D eigenvalue weighted by molar-refractivity contribution is 1.09. The van der Waals surface area contributed by atoms with Gasteiger partial charge < -0.3 is 10.2 Å². The molecule has 21 heavy (non-hydrogen) atoms. The second-order valence-electron chi connectivity index (χ2n) is 6.26. The first-order valence-electron chi connectivity index (χ1n) is 7.74. The van der Waals surface area contributed by atoms with E-state index in [-0.39, 0.29) is 0 Å². The van der Waals surface area contributed by atoms with Gasteiger partial charge in [-0.15, -0.1) is 0 Å². The minimum Gasteiger partial charge on any atom is -0.381 e. The van der Waals surface area contributed by atoms with Crippen LogP contribution in [0.5, 0.6) is 0 Å². The summed E-state index contributed by atoms with van der Waals surface area (Å²) in [5.74, 6) is 0.841. The maximum atomic E-state index is 3.54. The highest BCUT2D eigenvalue weighted by molar-refractivity contribution is 5.59. The highest BCUT2D eigenvalue weighted by Crippen LogP contribution is 2.39. The third-order valence-electron chi connectivity index (χ3n) is 4.24. The van der Waals surface area contributed by atoms with Crippen LogP contribution in [0.1, 0.15) is 35.4 Å². The summed E-state index contributed by atoms with van der Waals surface area (Å²) in [6.45, 7) is 3.04. The van der Waals surface area contributed by atoms with Crippen molar-refractivity contribution in [2.24, 2.45) is 0 Å². The molecule has 0 bridgehead atoms. The molecular weight excluding hydrogens is 256 g/mol. The topological polar surface area (TPSA) is 15.3 Å². The van der Waals surface area contributed by atoms with Crippen molar-refractivity contribution >= 4 is 11.4 Å². The van der Waals surface area contributed by atoms with Crippen molar-refractivity contribution in [1.82, 2.24) is 0 Å². The van der Waals surface area contributed by atoms with Crippen LogP contribution in [0.25, 0.3) is 0 Å². The van der Waals surface area contributed by atoms with E-state index in [1.807, 2.05) is 0 Å². The van der Waals surface area contributed by atoms with Gasteiger partial charge in [-0.3, -0.25) is 0 Å². The average Bonchev–Trinajstić information content (AvgIpc) is 3.31. The van der Waals surface area contributed by atoms with E-state index in [9.17, 15) is 0 Å². The third kappa shape index (κ3) is 3.38. The van der Waals surface area contributed by atoms with Crippen molar-refractivity contribution in [3.8, 4) is 0 Å². The van der Waals surface area contributed by atoms with Gasteiger partial charge in [0, 0.05) is 32.0 Å². The molecule has 0 radical (unpaired) electrons. The van der Waals surface area contributed by atoms with Crippen molar-refractivity contribution < 1.29 is 0 Å². The first-order chi connectivity index (χ1) is 10.1. The van der Waals surface area contributed by atoms with E-state index in [4.69, 9.17) is 0 Å². The number of nitrogens with zero attached hydrogens (tertiary/aromatic N) is 1. The first-order valence-corrected chi connectivity index (χ1v) is 7.74. The SMILES string of the molecule is Cc1cc(N(C)C)ccc1NCc1ccc(C2CC2)cc1. The van der Waals surface area contributed by atoms with Gasteiger partial charge in [0.2, 0.25) is 0 Å². The maximum Gasteiger partial charge on any atom is 0.0400 e. The summed E-state index contributed by atoms with van der Waals surface area (Å²) in [4.78, 5) is 2.13. The molecule has 0 heterocycles. The van der Waals surface area contributed by atoms with Crippen LogP contribution >= 0.6 is 0 Å². The molecule has 0 atom stereocenters. The van der Waals surface area contributed by atoms with Crippen LogP contribution in [-0.4, -0.2) is 14.1 Å². The van der Waals surface area contributed by atoms with Crippen LogP contribution in [0.15, 0.2) is 42.5 Å². The molecule has 110 valence electrons. The fraction of sp³-hybridized carbons (Fsp3) is 0.368. The molecule has 2 heteroatoms. The highest BCUT2D eigenvalue weighted by Gasteiger charge is 2.22. The number of nitrogens with one attached hydrogen (secondary N) is 1. The van der Waals surface area contributed by atoms with Crippen molar-refractivity contribution in [2.75, 3.05) is 24.3 Å². The Morgan fingerprint density at radius 3 is 2.33 bits per heavy atom. The van der Waals surface area contributed by atoms with Gasteiger partial charge in [-0.05, 0) is 60.6 Å². The lowest BCUT2D eigenvalue weighted by Gasteiger charge is -2.16. The van der Waals surface area contributed by atoms with Crippen molar-refractivity contribution in [3.63, 3.8) is 0 Å². The Kier molecular flexibility index (Phi) is 3.87. The third-order valence-corrected chi connectivity index (χ3v) is 4.24. The molecule has 1 aliphatic rings. The maximum absolute atomic E-state index is 3.54. The summed E-state index contributed by atoms with van der Waals surface area (Å²) in [6, 6.07) is 15.6. The Labute approximate surface area is 127 Å². The monoisotopic (exact) mass is 280 g/mol. The standard InChI is InChI=1S/C19H24N2/c1-14-12-18(21(2)3)10-11-19(14)20-13-15-4-6-16(7-5-15)17-8-9-17/h4-7,10-12,17,20H,8-9,13H2,1-3H3. The highest BCUT2D eigenvalue weighted by atomic mass is 15.1. The van der Waals surface area contributed by atoms with E-state index in [1.165, 1.54) is 40.9 Å². The predicted molar refractivity (Wildman–Crippen MR) is 91.2 cm³/mol. The quantitative estimate of drug-likeness (QED) is 0.864. The van der Waals surface area contributed by atoms with E-state index >= 15 is 0 Å². The van der Waals surface area contributed by atoms with E-state index < -0.39 is 0 Å². The molecular formula is C19H24N2. The van der Waals surface area contributed by atoms with Gasteiger partial charge in [0.1, 0.15) is 0 Å². The number of anilines is 2. The largest absolute Gasteiger partial charge is 0.381 e. The molecule has 0 aromatic heterocycles. The van der Waals surface area contributed by atoms with Crippen LogP contribution < -0.4 is 10.2 Å².